The molecule has 0 bridgehead atoms. The fourth-order valence-corrected chi connectivity index (χ4v) is 5.46. The van der Waals surface area contributed by atoms with Gasteiger partial charge in [0, 0.05) is 10.4 Å². The maximum absolute atomic E-state index is 13.5. The van der Waals surface area contributed by atoms with Gasteiger partial charge in [0.2, 0.25) is 0 Å². The van der Waals surface area contributed by atoms with Crippen molar-refractivity contribution in [3.63, 3.8) is 0 Å². The Morgan fingerprint density at radius 3 is 2.45 bits per heavy atom. The van der Waals surface area contributed by atoms with E-state index in [9.17, 15) is 9.59 Å². The Morgan fingerprint density at radius 2 is 1.72 bits per heavy atom. The number of hydrogen-bond donors (Lipinski definition) is 2. The lowest BCUT2D eigenvalue weighted by atomic mass is 10.0. The van der Waals surface area contributed by atoms with E-state index in [4.69, 9.17) is 0 Å². The van der Waals surface area contributed by atoms with Gasteiger partial charge >= 0.3 is 0 Å². The smallest absolute Gasteiger partial charge is 0.257 e. The van der Waals surface area contributed by atoms with Crippen LogP contribution in [0.4, 0.5) is 5.00 Å². The lowest BCUT2D eigenvalue weighted by molar-refractivity contribution is -0.883. The number of nitrogens with zero attached hydrogens (tertiary/aromatic N) is 1. The SMILES string of the molecule is Cc1ccc(C(=O)Nc2sc3c(c2C(=O)N2CC[NH+](C)CC2)CCCCC3)cc1. The summed E-state index contributed by atoms with van der Waals surface area (Å²) in [4.78, 5) is 31.1. The molecule has 6 heteroatoms. The highest BCUT2D eigenvalue weighted by Gasteiger charge is 2.30. The molecule has 0 radical (unpaired) electrons. The van der Waals surface area contributed by atoms with Gasteiger partial charge in [0.1, 0.15) is 5.00 Å². The first-order valence-electron chi connectivity index (χ1n) is 10.7. The number of aryl methyl sites for hydroxylation is 2. The molecule has 2 aliphatic rings. The van der Waals surface area contributed by atoms with Crippen LogP contribution in [0.3, 0.4) is 0 Å². The molecular formula is C23H30N3O2S+. The number of fused-ring (bicyclic) bond motifs is 1. The van der Waals surface area contributed by atoms with Crippen LogP contribution in [0.15, 0.2) is 24.3 Å². The summed E-state index contributed by atoms with van der Waals surface area (Å²) in [5, 5.41) is 3.81. The fourth-order valence-electron chi connectivity index (χ4n) is 4.19. The molecule has 0 saturated carbocycles. The molecule has 2 N–H and O–H groups in total. The normalized spacial score (nSPS) is 17.5. The van der Waals surface area contributed by atoms with Crippen molar-refractivity contribution in [3.8, 4) is 0 Å². The first-order chi connectivity index (χ1) is 14.0. The number of amides is 2. The third kappa shape index (κ3) is 4.38. The predicted molar refractivity (Wildman–Crippen MR) is 117 cm³/mol. The Hall–Kier alpha value is -2.18. The fraction of sp³-hybridized carbons (Fsp3) is 0.478. The Morgan fingerprint density at radius 1 is 1.03 bits per heavy atom. The van der Waals surface area contributed by atoms with Crippen molar-refractivity contribution in [2.45, 2.75) is 39.0 Å². The Kier molecular flexibility index (Phi) is 6.01. The lowest BCUT2D eigenvalue weighted by Crippen LogP contribution is -3.12. The van der Waals surface area contributed by atoms with Gasteiger partial charge in [-0.3, -0.25) is 9.59 Å². The topological polar surface area (TPSA) is 53.9 Å². The third-order valence-electron chi connectivity index (χ3n) is 6.08. The highest BCUT2D eigenvalue weighted by atomic mass is 32.1. The van der Waals surface area contributed by atoms with E-state index in [1.165, 1.54) is 21.8 Å². The second kappa shape index (κ2) is 8.67. The summed E-state index contributed by atoms with van der Waals surface area (Å²) in [6.07, 6.45) is 5.42. The molecule has 0 atom stereocenters. The molecule has 1 fully saturated rings. The average molecular weight is 413 g/mol. The van der Waals surface area contributed by atoms with E-state index < -0.39 is 0 Å². The number of likely N-dealkylation sites (N-methyl/N-ethyl adjacent to an activating group) is 1. The van der Waals surface area contributed by atoms with Crippen molar-refractivity contribution in [1.82, 2.24) is 4.90 Å². The molecule has 1 saturated heterocycles. The molecule has 29 heavy (non-hydrogen) atoms. The molecule has 2 heterocycles. The van der Waals surface area contributed by atoms with E-state index in [0.29, 0.717) is 5.56 Å². The van der Waals surface area contributed by atoms with Crippen molar-refractivity contribution in [3.05, 3.63) is 51.4 Å². The molecular weight excluding hydrogens is 382 g/mol. The summed E-state index contributed by atoms with van der Waals surface area (Å²) in [6, 6.07) is 7.57. The number of piperazine rings is 1. The Balaban J connectivity index is 1.65. The van der Waals surface area contributed by atoms with Gasteiger partial charge in [-0.1, -0.05) is 24.1 Å². The highest BCUT2D eigenvalue weighted by Crippen LogP contribution is 2.38. The first-order valence-corrected chi connectivity index (χ1v) is 11.5. The number of thiophene rings is 1. The van der Waals surface area contributed by atoms with Gasteiger partial charge in [-0.05, 0) is 50.3 Å². The van der Waals surface area contributed by atoms with Crippen molar-refractivity contribution >= 4 is 28.2 Å². The standard InChI is InChI=1S/C23H29N3O2S/c1-16-8-10-17(11-9-16)21(27)24-22-20(18-6-4-3-5-7-19(18)29-22)23(28)26-14-12-25(2)13-15-26/h8-11H,3-7,12-15H2,1-2H3,(H,24,27)/p+1. The molecule has 4 rings (SSSR count). The van der Waals surface area contributed by atoms with E-state index in [1.54, 1.807) is 11.3 Å². The van der Waals surface area contributed by atoms with Gasteiger partial charge in [0.15, 0.2) is 0 Å². The van der Waals surface area contributed by atoms with Crippen LogP contribution in [0, 0.1) is 6.92 Å². The van der Waals surface area contributed by atoms with E-state index in [-0.39, 0.29) is 11.8 Å². The number of rotatable bonds is 3. The largest absolute Gasteiger partial charge is 0.334 e. The molecule has 1 aromatic heterocycles. The second-order valence-corrected chi connectivity index (χ2v) is 9.44. The number of nitrogens with one attached hydrogen (secondary N) is 2. The van der Waals surface area contributed by atoms with E-state index >= 15 is 0 Å². The number of carbonyl (C=O) groups excluding carboxylic acids is 2. The molecule has 154 valence electrons. The molecule has 1 aromatic carbocycles. The maximum atomic E-state index is 13.5. The molecule has 5 nitrogen and oxygen atoms in total. The minimum absolute atomic E-state index is 0.0936. The predicted octanol–water partition coefficient (Wildman–Crippen LogP) is 2.55. The zero-order valence-electron chi connectivity index (χ0n) is 17.3. The van der Waals surface area contributed by atoms with Crippen LogP contribution in [0.2, 0.25) is 0 Å². The first kappa shape index (κ1) is 20.1. The monoisotopic (exact) mass is 412 g/mol. The van der Waals surface area contributed by atoms with Gasteiger partial charge in [-0.2, -0.15) is 0 Å². The Bertz CT molecular complexity index is 896. The molecule has 0 spiro atoms. The van der Waals surface area contributed by atoms with Gasteiger partial charge in [-0.25, -0.2) is 0 Å². The number of quaternary nitrogens is 1. The molecule has 1 aliphatic carbocycles. The molecule has 0 unspecified atom stereocenters. The number of anilines is 1. The van der Waals surface area contributed by atoms with E-state index in [1.807, 2.05) is 36.1 Å². The van der Waals surface area contributed by atoms with Crippen molar-refractivity contribution < 1.29 is 14.5 Å². The van der Waals surface area contributed by atoms with Crippen LogP contribution >= 0.6 is 11.3 Å². The minimum Gasteiger partial charge on any atom is -0.334 e. The lowest BCUT2D eigenvalue weighted by Gasteiger charge is -2.30. The van der Waals surface area contributed by atoms with Crippen LogP contribution in [0.25, 0.3) is 0 Å². The molecule has 2 aromatic rings. The van der Waals surface area contributed by atoms with Crippen LogP contribution in [0.5, 0.6) is 0 Å². The quantitative estimate of drug-likeness (QED) is 0.762. The number of benzene rings is 1. The van der Waals surface area contributed by atoms with Crippen LogP contribution < -0.4 is 10.2 Å². The number of carbonyl (C=O) groups is 2. The number of hydrogen-bond acceptors (Lipinski definition) is 3. The summed E-state index contributed by atoms with van der Waals surface area (Å²) < 4.78 is 0. The zero-order chi connectivity index (χ0) is 20.4. The minimum atomic E-state index is -0.140. The van der Waals surface area contributed by atoms with Gasteiger partial charge in [0.25, 0.3) is 11.8 Å². The van der Waals surface area contributed by atoms with Crippen LogP contribution in [-0.4, -0.2) is 49.9 Å². The van der Waals surface area contributed by atoms with Gasteiger partial charge in [-0.15, -0.1) is 11.3 Å². The van der Waals surface area contributed by atoms with Crippen LogP contribution in [-0.2, 0) is 12.8 Å². The van der Waals surface area contributed by atoms with Crippen molar-refractivity contribution in [2.75, 3.05) is 38.5 Å². The van der Waals surface area contributed by atoms with Crippen molar-refractivity contribution in [1.29, 1.82) is 0 Å². The second-order valence-electron chi connectivity index (χ2n) is 8.34. The van der Waals surface area contributed by atoms with Crippen LogP contribution in [0.1, 0.15) is 56.0 Å². The summed E-state index contributed by atoms with van der Waals surface area (Å²) in [6.45, 7) is 5.51. The zero-order valence-corrected chi connectivity index (χ0v) is 18.2. The van der Waals surface area contributed by atoms with E-state index in [0.717, 1.165) is 68.0 Å². The van der Waals surface area contributed by atoms with E-state index in [2.05, 4.69) is 12.4 Å². The van der Waals surface area contributed by atoms with Gasteiger partial charge < -0.3 is 15.1 Å². The van der Waals surface area contributed by atoms with Gasteiger partial charge in [0.05, 0.1) is 38.8 Å². The summed E-state index contributed by atoms with van der Waals surface area (Å²) in [7, 11) is 2.17. The average Bonchev–Trinajstić information content (AvgIpc) is 2.89. The Labute approximate surface area is 176 Å². The van der Waals surface area contributed by atoms with Crippen molar-refractivity contribution in [2.24, 2.45) is 0 Å². The highest BCUT2D eigenvalue weighted by molar-refractivity contribution is 7.17. The molecule has 1 aliphatic heterocycles. The summed E-state index contributed by atoms with van der Waals surface area (Å²) in [5.41, 5.74) is 3.69. The molecule has 2 amide bonds. The summed E-state index contributed by atoms with van der Waals surface area (Å²) >= 11 is 1.61. The maximum Gasteiger partial charge on any atom is 0.257 e. The third-order valence-corrected chi connectivity index (χ3v) is 7.29. The summed E-state index contributed by atoms with van der Waals surface area (Å²) in [5.74, 6) is -0.0469.